The Labute approximate surface area is 144 Å². The lowest BCUT2D eigenvalue weighted by molar-refractivity contribution is -0.122. The van der Waals surface area contributed by atoms with Crippen LogP contribution in [0.2, 0.25) is 0 Å². The van der Waals surface area contributed by atoms with Crippen LogP contribution in [0, 0.1) is 0 Å². The number of fused-ring (bicyclic) bond motifs is 3. The molecule has 2 aliphatic rings. The fourth-order valence-electron chi connectivity index (χ4n) is 4.15. The van der Waals surface area contributed by atoms with Crippen molar-refractivity contribution in [3.63, 3.8) is 0 Å². The van der Waals surface area contributed by atoms with Gasteiger partial charge < -0.3 is 10.6 Å². The molecule has 1 aromatic carbocycles. The Morgan fingerprint density at radius 3 is 2.64 bits per heavy atom. The van der Waals surface area contributed by atoms with E-state index in [1.165, 1.54) is 17.4 Å². The first-order valence-corrected chi connectivity index (χ1v) is 8.87. The van der Waals surface area contributed by atoms with Gasteiger partial charge in [-0.2, -0.15) is 0 Å². The van der Waals surface area contributed by atoms with Gasteiger partial charge >= 0.3 is 5.69 Å². The number of aromatic nitrogens is 2. The second kappa shape index (κ2) is 6.48. The number of hydrogen-bond acceptors (Lipinski definition) is 4. The van der Waals surface area contributed by atoms with E-state index in [0.29, 0.717) is 23.0 Å². The van der Waals surface area contributed by atoms with Crippen LogP contribution in [-0.4, -0.2) is 33.6 Å². The summed E-state index contributed by atoms with van der Waals surface area (Å²) in [4.78, 5) is 38.6. The van der Waals surface area contributed by atoms with E-state index in [9.17, 15) is 14.4 Å². The van der Waals surface area contributed by atoms with Crippen molar-refractivity contribution in [1.82, 2.24) is 20.2 Å². The van der Waals surface area contributed by atoms with Crippen LogP contribution < -0.4 is 21.9 Å². The number of H-pyrrole nitrogens is 1. The first kappa shape index (κ1) is 16.1. The Kier molecular flexibility index (Phi) is 4.17. The van der Waals surface area contributed by atoms with E-state index in [1.807, 2.05) is 0 Å². The fourth-order valence-corrected chi connectivity index (χ4v) is 4.15. The van der Waals surface area contributed by atoms with E-state index >= 15 is 0 Å². The SMILES string of the molecule is O=C(CCn1c(=O)[nH]c(=O)c2ccccc21)NC1CC2CCC(C1)N2. The maximum Gasteiger partial charge on any atom is 0.328 e. The summed E-state index contributed by atoms with van der Waals surface area (Å²) < 4.78 is 1.46. The number of aromatic amines is 1. The second-order valence-electron chi connectivity index (χ2n) is 7.05. The van der Waals surface area contributed by atoms with Gasteiger partial charge in [0.25, 0.3) is 5.56 Å². The highest BCUT2D eigenvalue weighted by atomic mass is 16.2. The monoisotopic (exact) mass is 342 g/mol. The minimum absolute atomic E-state index is 0.0477. The standard InChI is InChI=1S/C18H22N4O3/c23-16(20-13-9-11-5-6-12(10-13)19-11)7-8-22-15-4-2-1-3-14(15)17(24)21-18(22)25/h1-4,11-13,19H,5-10H2,(H,20,23)(H,21,24,25). The molecule has 0 radical (unpaired) electrons. The van der Waals surface area contributed by atoms with Crippen LogP contribution in [0.4, 0.5) is 0 Å². The first-order chi connectivity index (χ1) is 12.1. The molecular formula is C18H22N4O3. The van der Waals surface area contributed by atoms with Crippen molar-refractivity contribution in [3.8, 4) is 0 Å². The highest BCUT2D eigenvalue weighted by Gasteiger charge is 2.33. The average Bonchev–Trinajstić information content (AvgIpc) is 2.93. The largest absolute Gasteiger partial charge is 0.353 e. The topological polar surface area (TPSA) is 96.0 Å². The maximum atomic E-state index is 12.3. The molecule has 0 aliphatic carbocycles. The van der Waals surface area contributed by atoms with E-state index < -0.39 is 11.2 Å². The molecular weight excluding hydrogens is 320 g/mol. The third-order valence-corrected chi connectivity index (χ3v) is 5.31. The molecule has 25 heavy (non-hydrogen) atoms. The van der Waals surface area contributed by atoms with E-state index in [1.54, 1.807) is 24.3 Å². The van der Waals surface area contributed by atoms with Crippen molar-refractivity contribution in [2.75, 3.05) is 0 Å². The molecule has 3 N–H and O–H groups in total. The Morgan fingerprint density at radius 2 is 1.88 bits per heavy atom. The van der Waals surface area contributed by atoms with Crippen molar-refractivity contribution in [2.24, 2.45) is 0 Å². The highest BCUT2D eigenvalue weighted by Crippen LogP contribution is 2.26. The summed E-state index contributed by atoms with van der Waals surface area (Å²) in [5, 5.41) is 7.11. The Morgan fingerprint density at radius 1 is 1.16 bits per heavy atom. The van der Waals surface area contributed by atoms with Gasteiger partial charge in [-0.1, -0.05) is 12.1 Å². The minimum atomic E-state index is -0.476. The summed E-state index contributed by atoms with van der Waals surface area (Å²) >= 11 is 0. The van der Waals surface area contributed by atoms with Crippen molar-refractivity contribution < 1.29 is 4.79 Å². The molecule has 1 amide bonds. The molecule has 2 fully saturated rings. The number of hydrogen-bond donors (Lipinski definition) is 3. The zero-order valence-electron chi connectivity index (χ0n) is 14.0. The van der Waals surface area contributed by atoms with Gasteiger partial charge in [0, 0.05) is 31.1 Å². The molecule has 2 saturated heterocycles. The third kappa shape index (κ3) is 3.24. The molecule has 2 aliphatic heterocycles. The molecule has 7 heteroatoms. The van der Waals surface area contributed by atoms with Crippen LogP contribution in [0.25, 0.3) is 10.9 Å². The van der Waals surface area contributed by atoms with Crippen LogP contribution in [0.3, 0.4) is 0 Å². The summed E-state index contributed by atoms with van der Waals surface area (Å²) in [5.74, 6) is -0.0477. The predicted octanol–water partition coefficient (Wildman–Crippen LogP) is 0.479. The van der Waals surface area contributed by atoms with E-state index in [-0.39, 0.29) is 24.9 Å². The fraction of sp³-hybridized carbons (Fsp3) is 0.500. The molecule has 3 heterocycles. The smallest absolute Gasteiger partial charge is 0.328 e. The van der Waals surface area contributed by atoms with Crippen LogP contribution in [-0.2, 0) is 11.3 Å². The summed E-state index contributed by atoms with van der Waals surface area (Å²) in [7, 11) is 0. The van der Waals surface area contributed by atoms with Crippen LogP contribution >= 0.6 is 0 Å². The Balaban J connectivity index is 1.45. The zero-order chi connectivity index (χ0) is 17.4. The molecule has 2 aromatic rings. The average molecular weight is 342 g/mol. The second-order valence-corrected chi connectivity index (χ2v) is 7.05. The molecule has 2 bridgehead atoms. The quantitative estimate of drug-likeness (QED) is 0.753. The van der Waals surface area contributed by atoms with Crippen molar-refractivity contribution in [2.45, 2.75) is 56.8 Å². The van der Waals surface area contributed by atoms with Gasteiger partial charge in [0.15, 0.2) is 0 Å². The summed E-state index contributed by atoms with van der Waals surface area (Å²) in [6.45, 7) is 0.250. The van der Waals surface area contributed by atoms with Crippen LogP contribution in [0.1, 0.15) is 32.1 Å². The summed E-state index contributed by atoms with van der Waals surface area (Å²) in [5.41, 5.74) is -0.313. The normalized spacial score (nSPS) is 25.2. The number of rotatable bonds is 4. The maximum absolute atomic E-state index is 12.3. The summed E-state index contributed by atoms with van der Waals surface area (Å²) in [6.07, 6.45) is 4.55. The number of nitrogens with one attached hydrogen (secondary N) is 3. The van der Waals surface area contributed by atoms with Crippen LogP contribution in [0.15, 0.2) is 33.9 Å². The molecule has 1 aromatic heterocycles. The number of carbonyl (C=O) groups excluding carboxylic acids is 1. The molecule has 2 atom stereocenters. The molecule has 2 unspecified atom stereocenters. The number of nitrogens with zero attached hydrogens (tertiary/aromatic N) is 1. The molecule has 7 nitrogen and oxygen atoms in total. The van der Waals surface area contributed by atoms with E-state index in [2.05, 4.69) is 15.6 Å². The van der Waals surface area contributed by atoms with Gasteiger partial charge in [0.1, 0.15) is 0 Å². The Bertz CT molecular complexity index is 904. The van der Waals surface area contributed by atoms with Gasteiger partial charge in [-0.15, -0.1) is 0 Å². The number of amides is 1. The van der Waals surface area contributed by atoms with Gasteiger partial charge in [0.05, 0.1) is 10.9 Å². The summed E-state index contributed by atoms with van der Waals surface area (Å²) in [6, 6.07) is 8.20. The first-order valence-electron chi connectivity index (χ1n) is 8.87. The lowest BCUT2D eigenvalue weighted by Gasteiger charge is -2.29. The number of carbonyl (C=O) groups is 1. The van der Waals surface area contributed by atoms with Gasteiger partial charge in [0.2, 0.25) is 5.91 Å². The van der Waals surface area contributed by atoms with Gasteiger partial charge in [-0.25, -0.2) is 4.79 Å². The van der Waals surface area contributed by atoms with Crippen molar-refractivity contribution in [1.29, 1.82) is 0 Å². The number of piperidine rings is 1. The number of para-hydroxylation sites is 1. The minimum Gasteiger partial charge on any atom is -0.353 e. The zero-order valence-corrected chi connectivity index (χ0v) is 14.0. The van der Waals surface area contributed by atoms with Gasteiger partial charge in [-0.05, 0) is 37.8 Å². The molecule has 4 rings (SSSR count). The van der Waals surface area contributed by atoms with Gasteiger partial charge in [-0.3, -0.25) is 19.1 Å². The molecule has 132 valence electrons. The molecule has 0 spiro atoms. The predicted molar refractivity (Wildman–Crippen MR) is 94.6 cm³/mol. The lowest BCUT2D eigenvalue weighted by atomic mass is 10.00. The van der Waals surface area contributed by atoms with E-state index in [0.717, 1.165) is 12.8 Å². The number of aryl methyl sites for hydroxylation is 1. The van der Waals surface area contributed by atoms with Crippen molar-refractivity contribution in [3.05, 3.63) is 45.1 Å². The van der Waals surface area contributed by atoms with Crippen molar-refractivity contribution >= 4 is 16.8 Å². The third-order valence-electron chi connectivity index (χ3n) is 5.31. The lowest BCUT2D eigenvalue weighted by Crippen LogP contribution is -2.48. The van der Waals surface area contributed by atoms with Crippen LogP contribution in [0.5, 0.6) is 0 Å². The molecule has 0 saturated carbocycles. The van der Waals surface area contributed by atoms with E-state index in [4.69, 9.17) is 0 Å². The highest BCUT2D eigenvalue weighted by molar-refractivity contribution is 5.79. The number of benzene rings is 1. The Hall–Kier alpha value is -2.41.